The molecule has 88 valence electrons. The number of hydrogen-bond donors (Lipinski definition) is 1. The van der Waals surface area contributed by atoms with Crippen molar-refractivity contribution in [1.82, 2.24) is 5.32 Å². The fourth-order valence-electron chi connectivity index (χ4n) is 0.697. The smallest absolute Gasteiger partial charge is 0.412 e. The summed E-state index contributed by atoms with van der Waals surface area (Å²) in [6.45, 7) is 2.91. The fourth-order valence-corrected chi connectivity index (χ4v) is 0.697. The molecule has 0 bridgehead atoms. The van der Waals surface area contributed by atoms with Crippen LogP contribution in [-0.2, 0) is 14.3 Å². The highest BCUT2D eigenvalue weighted by Gasteiger charge is 2.09. The average Bonchev–Trinajstić information content (AvgIpc) is 2.18. The van der Waals surface area contributed by atoms with Gasteiger partial charge >= 0.3 is 12.1 Å². The van der Waals surface area contributed by atoms with Gasteiger partial charge in [-0.3, -0.25) is 10.1 Å². The molecule has 1 amide bonds. The van der Waals surface area contributed by atoms with Gasteiger partial charge in [-0.15, -0.1) is 0 Å². The van der Waals surface area contributed by atoms with E-state index < -0.39 is 25.2 Å². The van der Waals surface area contributed by atoms with Crippen LogP contribution in [-0.4, -0.2) is 25.2 Å². The predicted molar refractivity (Wildman–Crippen MR) is 50.7 cm³/mol. The van der Waals surface area contributed by atoms with E-state index in [1.54, 1.807) is 6.92 Å². The van der Waals surface area contributed by atoms with Crippen LogP contribution in [0.25, 0.3) is 0 Å². The van der Waals surface area contributed by atoms with Crippen molar-refractivity contribution < 1.29 is 23.5 Å². The molecule has 5 nitrogen and oxygen atoms in total. The van der Waals surface area contributed by atoms with E-state index in [2.05, 4.69) is 9.47 Å². The molecule has 0 aromatic rings. The fraction of sp³-hybridized carbons (Fsp3) is 0.778. The van der Waals surface area contributed by atoms with E-state index in [0.29, 0.717) is 6.42 Å². The van der Waals surface area contributed by atoms with Gasteiger partial charge in [0.1, 0.15) is 0 Å². The SMILES string of the molecule is CCCC(=O)OCOC(=O)NC(F)CC. The number of amides is 1. The van der Waals surface area contributed by atoms with Crippen molar-refractivity contribution in [2.24, 2.45) is 0 Å². The first-order valence-corrected chi connectivity index (χ1v) is 4.83. The van der Waals surface area contributed by atoms with Gasteiger partial charge in [0.25, 0.3) is 0 Å². The second-order valence-corrected chi connectivity index (χ2v) is 2.84. The van der Waals surface area contributed by atoms with Crippen molar-refractivity contribution in [3.63, 3.8) is 0 Å². The average molecular weight is 221 g/mol. The van der Waals surface area contributed by atoms with Crippen molar-refractivity contribution in [1.29, 1.82) is 0 Å². The van der Waals surface area contributed by atoms with Gasteiger partial charge in [0, 0.05) is 6.42 Å². The van der Waals surface area contributed by atoms with Crippen molar-refractivity contribution >= 4 is 12.1 Å². The molecule has 6 heteroatoms. The van der Waals surface area contributed by atoms with Gasteiger partial charge in [-0.2, -0.15) is 0 Å². The lowest BCUT2D eigenvalue weighted by Crippen LogP contribution is -2.32. The molecule has 0 aliphatic rings. The topological polar surface area (TPSA) is 64.6 Å². The molecule has 1 N–H and O–H groups in total. The van der Waals surface area contributed by atoms with Gasteiger partial charge in [-0.25, -0.2) is 9.18 Å². The zero-order valence-corrected chi connectivity index (χ0v) is 8.92. The molecule has 0 aliphatic carbocycles. The predicted octanol–water partition coefficient (Wildman–Crippen LogP) is 1.72. The third kappa shape index (κ3) is 7.72. The molecule has 0 aromatic carbocycles. The highest BCUT2D eigenvalue weighted by molar-refractivity contribution is 5.70. The molecule has 0 rings (SSSR count). The maximum atomic E-state index is 12.6. The van der Waals surface area contributed by atoms with Crippen LogP contribution < -0.4 is 5.32 Å². The minimum absolute atomic E-state index is 0.157. The first-order chi connectivity index (χ1) is 7.10. The van der Waals surface area contributed by atoms with Gasteiger partial charge < -0.3 is 9.47 Å². The van der Waals surface area contributed by atoms with Gasteiger partial charge in [0.05, 0.1) is 0 Å². The summed E-state index contributed by atoms with van der Waals surface area (Å²) in [7, 11) is 0. The number of hydrogen-bond acceptors (Lipinski definition) is 4. The van der Waals surface area contributed by atoms with E-state index in [-0.39, 0.29) is 12.8 Å². The molecular weight excluding hydrogens is 205 g/mol. The van der Waals surface area contributed by atoms with Gasteiger partial charge in [0.15, 0.2) is 6.30 Å². The van der Waals surface area contributed by atoms with E-state index >= 15 is 0 Å². The first kappa shape index (κ1) is 13.7. The Morgan fingerprint density at radius 2 is 2.00 bits per heavy atom. The number of esters is 1. The molecule has 0 saturated heterocycles. The maximum absolute atomic E-state index is 12.6. The molecule has 15 heavy (non-hydrogen) atoms. The molecular formula is C9H16FNO4. The number of carbonyl (C=O) groups is 2. The Labute approximate surface area is 87.9 Å². The summed E-state index contributed by atoms with van der Waals surface area (Å²) < 4.78 is 21.5. The van der Waals surface area contributed by atoms with Crippen LogP contribution in [0.5, 0.6) is 0 Å². The molecule has 0 heterocycles. The van der Waals surface area contributed by atoms with Crippen LogP contribution in [0.3, 0.4) is 0 Å². The number of alkyl carbamates (subject to hydrolysis) is 1. The Morgan fingerprint density at radius 3 is 2.53 bits per heavy atom. The second kappa shape index (κ2) is 8.02. The molecule has 1 atom stereocenters. The van der Waals surface area contributed by atoms with Crippen LogP contribution in [0.4, 0.5) is 9.18 Å². The summed E-state index contributed by atoms with van der Waals surface area (Å²) in [5, 5.41) is 1.92. The summed E-state index contributed by atoms with van der Waals surface area (Å²) in [6, 6.07) is 0. The third-order valence-corrected chi connectivity index (χ3v) is 1.50. The van der Waals surface area contributed by atoms with Gasteiger partial charge in [-0.05, 0) is 12.8 Å². The van der Waals surface area contributed by atoms with Crippen molar-refractivity contribution in [3.8, 4) is 0 Å². The largest absolute Gasteiger partial charge is 0.428 e. The summed E-state index contributed by atoms with van der Waals surface area (Å²) in [4.78, 5) is 21.6. The molecule has 0 fully saturated rings. The Bertz CT molecular complexity index is 210. The lowest BCUT2D eigenvalue weighted by Gasteiger charge is -2.09. The molecule has 0 saturated carbocycles. The Balaban J connectivity index is 3.50. The Hall–Kier alpha value is -1.33. The van der Waals surface area contributed by atoms with Crippen LogP contribution >= 0.6 is 0 Å². The van der Waals surface area contributed by atoms with Crippen molar-refractivity contribution in [2.45, 2.75) is 39.4 Å². The minimum atomic E-state index is -1.44. The highest BCUT2D eigenvalue weighted by Crippen LogP contribution is 1.94. The number of alkyl halides is 1. The molecule has 1 unspecified atom stereocenters. The standard InChI is InChI=1S/C9H16FNO4/c1-3-5-8(12)14-6-15-9(13)11-7(10)4-2/h7H,3-6H2,1-2H3,(H,11,13). The van der Waals surface area contributed by atoms with Crippen LogP contribution in [0.1, 0.15) is 33.1 Å². The Kier molecular flexibility index (Phi) is 7.31. The van der Waals surface area contributed by atoms with Gasteiger partial charge in [0.2, 0.25) is 6.79 Å². The summed E-state index contributed by atoms with van der Waals surface area (Å²) in [6.07, 6.45) is -1.29. The van der Waals surface area contributed by atoms with Crippen molar-refractivity contribution in [3.05, 3.63) is 0 Å². The maximum Gasteiger partial charge on any atom is 0.412 e. The summed E-state index contributed by atoms with van der Waals surface area (Å²) in [5.74, 6) is -0.447. The lowest BCUT2D eigenvalue weighted by atomic mass is 10.3. The lowest BCUT2D eigenvalue weighted by molar-refractivity contribution is -0.151. The summed E-state index contributed by atoms with van der Waals surface area (Å²) >= 11 is 0. The van der Waals surface area contributed by atoms with Crippen LogP contribution in [0.15, 0.2) is 0 Å². The number of halogens is 1. The number of rotatable bonds is 6. The monoisotopic (exact) mass is 221 g/mol. The van der Waals surface area contributed by atoms with E-state index in [9.17, 15) is 14.0 Å². The number of ether oxygens (including phenoxy) is 2. The molecule has 0 radical (unpaired) electrons. The molecule has 0 aliphatic heterocycles. The minimum Gasteiger partial charge on any atom is -0.428 e. The zero-order valence-electron chi connectivity index (χ0n) is 8.92. The van der Waals surface area contributed by atoms with Crippen LogP contribution in [0.2, 0.25) is 0 Å². The van der Waals surface area contributed by atoms with E-state index in [1.807, 2.05) is 12.2 Å². The Morgan fingerprint density at radius 1 is 1.33 bits per heavy atom. The van der Waals surface area contributed by atoms with Crippen LogP contribution in [0, 0.1) is 0 Å². The number of nitrogens with one attached hydrogen (secondary N) is 1. The second-order valence-electron chi connectivity index (χ2n) is 2.84. The van der Waals surface area contributed by atoms with Gasteiger partial charge in [-0.1, -0.05) is 13.8 Å². The summed E-state index contributed by atoms with van der Waals surface area (Å²) in [5.41, 5.74) is 0. The molecule has 0 aromatic heterocycles. The van der Waals surface area contributed by atoms with E-state index in [0.717, 1.165) is 0 Å². The highest BCUT2D eigenvalue weighted by atomic mass is 19.1. The first-order valence-electron chi connectivity index (χ1n) is 4.83. The third-order valence-electron chi connectivity index (χ3n) is 1.50. The zero-order chi connectivity index (χ0) is 11.7. The quantitative estimate of drug-likeness (QED) is 0.421. The van der Waals surface area contributed by atoms with E-state index in [1.165, 1.54) is 0 Å². The normalized spacial score (nSPS) is 11.7. The van der Waals surface area contributed by atoms with E-state index in [4.69, 9.17) is 0 Å². The van der Waals surface area contributed by atoms with Crippen molar-refractivity contribution in [2.75, 3.05) is 6.79 Å². The number of carbonyl (C=O) groups excluding carboxylic acids is 2. The molecule has 0 spiro atoms.